The first-order chi connectivity index (χ1) is 9.45. The number of nitrogens with zero attached hydrogens (tertiary/aromatic N) is 1. The number of hydrogen-bond donors (Lipinski definition) is 0. The predicted octanol–water partition coefficient (Wildman–Crippen LogP) is 2.70. The number of esters is 1. The number of ether oxygens (including phenoxy) is 1. The number of hydrogen-bond acceptors (Lipinski definition) is 6. The molecule has 0 unspecified atom stereocenters. The average Bonchev–Trinajstić information content (AvgIpc) is 2.30. The lowest BCUT2D eigenvalue weighted by Gasteiger charge is -2.35. The summed E-state index contributed by atoms with van der Waals surface area (Å²) in [6, 6.07) is 0. The molecule has 0 spiro atoms. The van der Waals surface area contributed by atoms with Crippen LogP contribution in [0.2, 0.25) is 18.1 Å². The Morgan fingerprint density at radius 3 is 2.43 bits per heavy atom. The molecule has 122 valence electrons. The minimum Gasteiger partial charge on any atom is -0.457 e. The van der Waals surface area contributed by atoms with Crippen molar-refractivity contribution in [3.05, 3.63) is 22.3 Å². The van der Waals surface area contributed by atoms with Crippen LogP contribution in [0.15, 0.2) is 12.2 Å². The predicted molar refractivity (Wildman–Crippen MR) is 80.8 cm³/mol. The molecule has 0 saturated heterocycles. The highest BCUT2D eigenvalue weighted by Gasteiger charge is 2.36. The molecule has 21 heavy (non-hydrogen) atoms. The Kier molecular flexibility index (Phi) is 7.59. The van der Waals surface area contributed by atoms with Gasteiger partial charge in [0, 0.05) is 0 Å². The SMILES string of the molecule is C[C@@H](C=CCO[Si](C)(C)C(C)(C)C)OC(=O)CO[N+](=O)[O-]. The van der Waals surface area contributed by atoms with Crippen LogP contribution in [-0.4, -0.2) is 38.7 Å². The summed E-state index contributed by atoms with van der Waals surface area (Å²) in [5, 5.41) is 9.03. The molecule has 0 heterocycles. The molecular formula is C13H25NO6Si. The fraction of sp³-hybridized carbons (Fsp3) is 0.769. The van der Waals surface area contributed by atoms with Gasteiger partial charge >= 0.3 is 5.97 Å². The maximum absolute atomic E-state index is 11.2. The normalized spacial score (nSPS) is 14.0. The maximum Gasteiger partial charge on any atom is 0.332 e. The zero-order valence-electron chi connectivity index (χ0n) is 13.5. The average molecular weight is 319 g/mol. The summed E-state index contributed by atoms with van der Waals surface area (Å²) in [5.74, 6) is -0.783. The molecule has 0 aromatic carbocycles. The first-order valence-electron chi connectivity index (χ1n) is 6.73. The molecule has 8 heteroatoms. The highest BCUT2D eigenvalue weighted by Crippen LogP contribution is 2.36. The topological polar surface area (TPSA) is 87.9 Å². The van der Waals surface area contributed by atoms with Gasteiger partial charge in [0.25, 0.3) is 5.09 Å². The lowest BCUT2D eigenvalue weighted by molar-refractivity contribution is -0.754. The Balaban J connectivity index is 4.09. The number of carbonyl (C=O) groups is 1. The van der Waals surface area contributed by atoms with E-state index in [1.54, 1.807) is 19.1 Å². The van der Waals surface area contributed by atoms with Gasteiger partial charge in [-0.15, -0.1) is 10.1 Å². The van der Waals surface area contributed by atoms with Gasteiger partial charge in [0.1, 0.15) is 6.10 Å². The Hall–Kier alpha value is -1.41. The standard InChI is InChI=1S/C13H25NO6Si/c1-11(20-12(15)10-18-14(16)17)8-7-9-19-21(5,6)13(2,3)4/h7-8,11H,9-10H2,1-6H3/t11-/m0/s1. The molecular weight excluding hydrogens is 294 g/mol. The van der Waals surface area contributed by atoms with Crippen LogP contribution in [0, 0.1) is 10.1 Å². The summed E-state index contributed by atoms with van der Waals surface area (Å²) in [4.78, 5) is 25.0. The third-order valence-corrected chi connectivity index (χ3v) is 7.86. The third kappa shape index (κ3) is 8.46. The quantitative estimate of drug-likeness (QED) is 0.225. The molecule has 0 aromatic heterocycles. The van der Waals surface area contributed by atoms with E-state index in [0.29, 0.717) is 6.61 Å². The Labute approximate surface area is 126 Å². The van der Waals surface area contributed by atoms with Gasteiger partial charge in [0.2, 0.25) is 0 Å². The van der Waals surface area contributed by atoms with Crippen molar-refractivity contribution in [3.63, 3.8) is 0 Å². The van der Waals surface area contributed by atoms with Gasteiger partial charge in [0.15, 0.2) is 14.9 Å². The molecule has 0 radical (unpaired) electrons. The van der Waals surface area contributed by atoms with E-state index in [1.807, 2.05) is 0 Å². The molecule has 0 bridgehead atoms. The van der Waals surface area contributed by atoms with Crippen LogP contribution in [0.3, 0.4) is 0 Å². The molecule has 0 amide bonds. The fourth-order valence-electron chi connectivity index (χ4n) is 1.11. The summed E-state index contributed by atoms with van der Waals surface area (Å²) in [5.41, 5.74) is 0. The van der Waals surface area contributed by atoms with E-state index >= 15 is 0 Å². The largest absolute Gasteiger partial charge is 0.457 e. The van der Waals surface area contributed by atoms with Crippen molar-refractivity contribution in [1.82, 2.24) is 0 Å². The molecule has 0 saturated carbocycles. The van der Waals surface area contributed by atoms with Crippen LogP contribution >= 0.6 is 0 Å². The highest BCUT2D eigenvalue weighted by molar-refractivity contribution is 6.74. The van der Waals surface area contributed by atoms with Gasteiger partial charge in [-0.1, -0.05) is 26.8 Å². The molecule has 0 aliphatic carbocycles. The van der Waals surface area contributed by atoms with Gasteiger partial charge in [-0.25, -0.2) is 4.79 Å². The van der Waals surface area contributed by atoms with Crippen LogP contribution in [0.5, 0.6) is 0 Å². The highest BCUT2D eigenvalue weighted by atomic mass is 28.4. The Bertz CT molecular complexity index is 389. The van der Waals surface area contributed by atoms with Crippen molar-refractivity contribution in [3.8, 4) is 0 Å². The first kappa shape index (κ1) is 19.6. The molecule has 1 atom stereocenters. The van der Waals surface area contributed by atoms with Crippen molar-refractivity contribution in [2.75, 3.05) is 13.2 Å². The fourth-order valence-corrected chi connectivity index (χ4v) is 2.05. The second-order valence-corrected chi connectivity index (χ2v) is 11.0. The van der Waals surface area contributed by atoms with E-state index in [4.69, 9.17) is 9.16 Å². The molecule has 0 aromatic rings. The van der Waals surface area contributed by atoms with Gasteiger partial charge in [0.05, 0.1) is 6.61 Å². The first-order valence-corrected chi connectivity index (χ1v) is 9.64. The minimum absolute atomic E-state index is 0.138. The van der Waals surface area contributed by atoms with Crippen molar-refractivity contribution >= 4 is 14.3 Å². The van der Waals surface area contributed by atoms with E-state index in [-0.39, 0.29) is 5.04 Å². The number of carbonyl (C=O) groups excluding carboxylic acids is 1. The van der Waals surface area contributed by atoms with Crippen molar-refractivity contribution in [2.24, 2.45) is 0 Å². The summed E-state index contributed by atoms with van der Waals surface area (Å²) >= 11 is 0. The number of rotatable bonds is 8. The Morgan fingerprint density at radius 2 is 1.95 bits per heavy atom. The molecule has 0 aliphatic heterocycles. The van der Waals surface area contributed by atoms with Gasteiger partial charge in [-0.2, -0.15) is 0 Å². The second kappa shape index (κ2) is 8.13. The maximum atomic E-state index is 11.2. The molecule has 7 nitrogen and oxygen atoms in total. The van der Waals surface area contributed by atoms with Crippen LogP contribution in [0.1, 0.15) is 27.7 Å². The van der Waals surface area contributed by atoms with Gasteiger partial charge in [-0.05, 0) is 31.1 Å². The van der Waals surface area contributed by atoms with E-state index in [0.717, 1.165) is 0 Å². The Morgan fingerprint density at radius 1 is 1.38 bits per heavy atom. The van der Waals surface area contributed by atoms with E-state index in [2.05, 4.69) is 38.7 Å². The summed E-state index contributed by atoms with van der Waals surface area (Å²) in [6.45, 7) is 12.2. The lowest BCUT2D eigenvalue weighted by atomic mass is 10.2. The van der Waals surface area contributed by atoms with E-state index < -0.39 is 32.1 Å². The smallest absolute Gasteiger partial charge is 0.332 e. The van der Waals surface area contributed by atoms with Gasteiger partial charge in [-0.3, -0.25) is 0 Å². The molecule has 0 rings (SSSR count). The minimum atomic E-state index is -1.79. The molecule has 0 N–H and O–H groups in total. The van der Waals surface area contributed by atoms with Crippen molar-refractivity contribution in [1.29, 1.82) is 0 Å². The monoisotopic (exact) mass is 319 g/mol. The lowest BCUT2D eigenvalue weighted by Crippen LogP contribution is -2.40. The van der Waals surface area contributed by atoms with Crippen LogP contribution in [0.25, 0.3) is 0 Å². The summed E-state index contributed by atoms with van der Waals surface area (Å²) in [6.07, 6.45) is 2.97. The van der Waals surface area contributed by atoms with Crippen molar-refractivity contribution in [2.45, 2.75) is 51.9 Å². The van der Waals surface area contributed by atoms with Crippen LogP contribution in [-0.2, 0) is 18.8 Å². The zero-order chi connectivity index (χ0) is 16.7. The second-order valence-electron chi connectivity index (χ2n) is 6.19. The van der Waals surface area contributed by atoms with Gasteiger partial charge < -0.3 is 14.0 Å². The third-order valence-electron chi connectivity index (χ3n) is 3.36. The van der Waals surface area contributed by atoms with Crippen LogP contribution < -0.4 is 0 Å². The van der Waals surface area contributed by atoms with E-state index in [1.165, 1.54) is 0 Å². The van der Waals surface area contributed by atoms with Crippen molar-refractivity contribution < 1.29 is 23.9 Å². The van der Waals surface area contributed by atoms with E-state index in [9.17, 15) is 14.9 Å². The summed E-state index contributed by atoms with van der Waals surface area (Å²) < 4.78 is 10.8. The molecule has 0 fully saturated rings. The summed E-state index contributed by atoms with van der Waals surface area (Å²) in [7, 11) is -1.79. The zero-order valence-corrected chi connectivity index (χ0v) is 14.5. The van der Waals surface area contributed by atoms with Crippen LogP contribution in [0.4, 0.5) is 0 Å². The molecule has 0 aliphatic rings.